The molecule has 26 heavy (non-hydrogen) atoms. The first-order valence-electron chi connectivity index (χ1n) is 10.1. The standard InChI is InChI=1S/C20H31N3O3/c1-21-15-20(14-17(21)19(25)23-10-12-26-13-11-23)6-8-22(9-7-20)18(24)16-4-2-3-5-16/h2-3,16-17H,4-15H2,1H3. The Hall–Kier alpha value is -1.40. The van der Waals surface area contributed by atoms with Crippen molar-refractivity contribution in [1.82, 2.24) is 14.7 Å². The summed E-state index contributed by atoms with van der Waals surface area (Å²) in [6, 6.07) is -0.00520. The third-order valence-corrected chi connectivity index (χ3v) is 6.84. The van der Waals surface area contributed by atoms with Gasteiger partial charge in [-0.15, -0.1) is 0 Å². The van der Waals surface area contributed by atoms with Crippen LogP contribution in [0.5, 0.6) is 0 Å². The van der Waals surface area contributed by atoms with Crippen LogP contribution in [0.4, 0.5) is 0 Å². The summed E-state index contributed by atoms with van der Waals surface area (Å²) in [7, 11) is 2.08. The Morgan fingerprint density at radius 2 is 1.58 bits per heavy atom. The Bertz CT molecular complexity index is 569. The van der Waals surface area contributed by atoms with Gasteiger partial charge in [0.05, 0.1) is 19.3 Å². The number of allylic oxidation sites excluding steroid dienone is 2. The number of carbonyl (C=O) groups is 2. The molecule has 0 bridgehead atoms. The summed E-state index contributed by atoms with van der Waals surface area (Å²) in [6.07, 6.45) is 9.04. The lowest BCUT2D eigenvalue weighted by Gasteiger charge is -2.40. The van der Waals surface area contributed by atoms with Crippen LogP contribution in [-0.4, -0.2) is 85.5 Å². The molecule has 0 aromatic carbocycles. The van der Waals surface area contributed by atoms with Crippen molar-refractivity contribution in [2.75, 3.05) is 53.0 Å². The molecule has 4 rings (SSSR count). The molecule has 3 saturated heterocycles. The highest BCUT2D eigenvalue weighted by atomic mass is 16.5. The third-order valence-electron chi connectivity index (χ3n) is 6.84. The van der Waals surface area contributed by atoms with Crippen molar-refractivity contribution in [3.05, 3.63) is 12.2 Å². The number of morpholine rings is 1. The number of rotatable bonds is 2. The van der Waals surface area contributed by atoms with E-state index in [0.717, 1.165) is 51.7 Å². The summed E-state index contributed by atoms with van der Waals surface area (Å²) < 4.78 is 5.38. The monoisotopic (exact) mass is 361 g/mol. The lowest BCUT2D eigenvalue weighted by Crippen LogP contribution is -2.48. The molecule has 0 radical (unpaired) electrons. The average molecular weight is 361 g/mol. The molecule has 3 heterocycles. The molecule has 6 nitrogen and oxygen atoms in total. The minimum Gasteiger partial charge on any atom is -0.378 e. The van der Waals surface area contributed by atoms with Gasteiger partial charge in [-0.05, 0) is 44.6 Å². The summed E-state index contributed by atoms with van der Waals surface area (Å²) in [6.45, 7) is 5.41. The largest absolute Gasteiger partial charge is 0.378 e. The first-order valence-corrected chi connectivity index (χ1v) is 10.1. The summed E-state index contributed by atoms with van der Waals surface area (Å²) in [5.41, 5.74) is 0.200. The molecule has 0 N–H and O–H groups in total. The Kier molecular flexibility index (Phi) is 5.06. The van der Waals surface area contributed by atoms with E-state index in [2.05, 4.69) is 29.0 Å². The van der Waals surface area contributed by atoms with Crippen LogP contribution in [0.2, 0.25) is 0 Å². The number of nitrogens with zero attached hydrogens (tertiary/aromatic N) is 3. The minimum absolute atomic E-state index is 0.00520. The number of hydrogen-bond acceptors (Lipinski definition) is 4. The maximum absolute atomic E-state index is 12.9. The van der Waals surface area contributed by atoms with Crippen molar-refractivity contribution in [3.63, 3.8) is 0 Å². The average Bonchev–Trinajstić information content (AvgIpc) is 3.31. The molecule has 3 fully saturated rings. The van der Waals surface area contributed by atoms with Gasteiger partial charge in [0, 0.05) is 38.6 Å². The SMILES string of the molecule is CN1CC2(CCN(C(=O)C3CC=CC3)CC2)CC1C(=O)N1CCOCC1. The van der Waals surface area contributed by atoms with Crippen LogP contribution in [0.15, 0.2) is 12.2 Å². The molecule has 0 saturated carbocycles. The van der Waals surface area contributed by atoms with Crippen molar-refractivity contribution in [3.8, 4) is 0 Å². The molecule has 3 aliphatic heterocycles. The summed E-state index contributed by atoms with van der Waals surface area (Å²) >= 11 is 0. The third kappa shape index (κ3) is 3.41. The molecule has 2 amide bonds. The molecular weight excluding hydrogens is 330 g/mol. The van der Waals surface area contributed by atoms with E-state index in [1.807, 2.05) is 4.90 Å². The molecule has 1 spiro atoms. The molecule has 6 heteroatoms. The Morgan fingerprint density at radius 3 is 2.23 bits per heavy atom. The van der Waals surface area contributed by atoms with Gasteiger partial charge < -0.3 is 14.5 Å². The van der Waals surface area contributed by atoms with Gasteiger partial charge >= 0.3 is 0 Å². The van der Waals surface area contributed by atoms with E-state index < -0.39 is 0 Å². The number of amides is 2. The van der Waals surface area contributed by atoms with E-state index in [-0.39, 0.29) is 23.3 Å². The van der Waals surface area contributed by atoms with Crippen LogP contribution in [0, 0.1) is 11.3 Å². The van der Waals surface area contributed by atoms with E-state index in [1.54, 1.807) is 0 Å². The zero-order valence-corrected chi connectivity index (χ0v) is 15.9. The lowest BCUT2D eigenvalue weighted by atomic mass is 9.76. The first kappa shape index (κ1) is 18.0. The number of carbonyl (C=O) groups excluding carboxylic acids is 2. The van der Waals surface area contributed by atoms with Crippen LogP contribution in [0.1, 0.15) is 32.1 Å². The van der Waals surface area contributed by atoms with E-state index >= 15 is 0 Å². The van der Waals surface area contributed by atoms with Gasteiger partial charge in [-0.25, -0.2) is 0 Å². The van der Waals surface area contributed by atoms with Gasteiger partial charge in [-0.3, -0.25) is 14.5 Å². The second-order valence-electron chi connectivity index (χ2n) is 8.54. The molecular formula is C20H31N3O3. The van der Waals surface area contributed by atoms with Crippen molar-refractivity contribution >= 4 is 11.8 Å². The summed E-state index contributed by atoms with van der Waals surface area (Å²) in [5.74, 6) is 0.770. The summed E-state index contributed by atoms with van der Waals surface area (Å²) in [4.78, 5) is 31.9. The van der Waals surface area contributed by atoms with Gasteiger partial charge in [0.1, 0.15) is 0 Å². The number of hydrogen-bond donors (Lipinski definition) is 0. The minimum atomic E-state index is -0.00520. The quantitative estimate of drug-likeness (QED) is 0.692. The van der Waals surface area contributed by atoms with E-state index in [4.69, 9.17) is 4.74 Å². The summed E-state index contributed by atoms with van der Waals surface area (Å²) in [5, 5.41) is 0. The molecule has 1 atom stereocenters. The Labute approximate surface area is 156 Å². The number of likely N-dealkylation sites (N-methyl/N-ethyl adjacent to an activating group) is 1. The highest BCUT2D eigenvalue weighted by Gasteiger charge is 2.48. The zero-order chi connectivity index (χ0) is 18.1. The fraction of sp³-hybridized carbons (Fsp3) is 0.800. The number of ether oxygens (including phenoxy) is 1. The second-order valence-corrected chi connectivity index (χ2v) is 8.54. The van der Waals surface area contributed by atoms with Gasteiger partial charge in [-0.1, -0.05) is 12.2 Å². The fourth-order valence-corrected chi connectivity index (χ4v) is 5.18. The first-order chi connectivity index (χ1) is 12.6. The van der Waals surface area contributed by atoms with Crippen LogP contribution in [-0.2, 0) is 14.3 Å². The topological polar surface area (TPSA) is 53.1 Å². The van der Waals surface area contributed by atoms with Crippen LogP contribution >= 0.6 is 0 Å². The highest BCUT2D eigenvalue weighted by molar-refractivity contribution is 5.82. The van der Waals surface area contributed by atoms with Gasteiger partial charge in [0.25, 0.3) is 0 Å². The molecule has 1 aliphatic carbocycles. The number of likely N-dealkylation sites (tertiary alicyclic amines) is 2. The molecule has 0 aromatic rings. The number of piperidine rings is 1. The van der Waals surface area contributed by atoms with Crippen LogP contribution < -0.4 is 0 Å². The van der Waals surface area contributed by atoms with Gasteiger partial charge in [-0.2, -0.15) is 0 Å². The predicted molar refractivity (Wildman–Crippen MR) is 98.5 cm³/mol. The van der Waals surface area contributed by atoms with Gasteiger partial charge in [0.15, 0.2) is 0 Å². The Balaban J connectivity index is 1.34. The van der Waals surface area contributed by atoms with E-state index in [0.29, 0.717) is 32.2 Å². The highest BCUT2D eigenvalue weighted by Crippen LogP contribution is 2.43. The molecule has 4 aliphatic rings. The van der Waals surface area contributed by atoms with Crippen molar-refractivity contribution in [2.45, 2.75) is 38.1 Å². The van der Waals surface area contributed by atoms with Crippen molar-refractivity contribution in [1.29, 1.82) is 0 Å². The van der Waals surface area contributed by atoms with Crippen molar-refractivity contribution < 1.29 is 14.3 Å². The molecule has 0 aromatic heterocycles. The zero-order valence-electron chi connectivity index (χ0n) is 15.9. The predicted octanol–water partition coefficient (Wildman–Crippen LogP) is 1.12. The smallest absolute Gasteiger partial charge is 0.240 e. The normalized spacial score (nSPS) is 29.7. The molecule has 1 unspecified atom stereocenters. The maximum atomic E-state index is 12.9. The van der Waals surface area contributed by atoms with E-state index in [9.17, 15) is 9.59 Å². The lowest BCUT2D eigenvalue weighted by molar-refractivity contribution is -0.140. The van der Waals surface area contributed by atoms with E-state index in [1.165, 1.54) is 0 Å². The fourth-order valence-electron chi connectivity index (χ4n) is 5.18. The maximum Gasteiger partial charge on any atom is 0.240 e. The Morgan fingerprint density at radius 1 is 0.962 bits per heavy atom. The second kappa shape index (κ2) is 7.31. The van der Waals surface area contributed by atoms with Crippen LogP contribution in [0.25, 0.3) is 0 Å². The molecule has 144 valence electrons. The van der Waals surface area contributed by atoms with Crippen molar-refractivity contribution in [2.24, 2.45) is 11.3 Å². The van der Waals surface area contributed by atoms with Crippen LogP contribution in [0.3, 0.4) is 0 Å². The van der Waals surface area contributed by atoms with Gasteiger partial charge in [0.2, 0.25) is 11.8 Å².